The summed E-state index contributed by atoms with van der Waals surface area (Å²) in [5.41, 5.74) is -7.14. The summed E-state index contributed by atoms with van der Waals surface area (Å²) in [7, 11) is -4.47. The molecule has 5 rings (SSSR count). The maximum absolute atomic E-state index is 14.5. The van der Waals surface area contributed by atoms with Crippen LogP contribution in [0.3, 0.4) is 0 Å². The number of rotatable bonds is 11. The quantitative estimate of drug-likeness (QED) is 0.113. The number of hydrogen-bond donors (Lipinski definition) is 0. The smallest absolute Gasteiger partial charge is 0.349 e. The van der Waals surface area contributed by atoms with E-state index in [1.165, 1.54) is 12.4 Å². The molecular formula is C36H30F9NO4S. The van der Waals surface area contributed by atoms with Crippen molar-refractivity contribution < 1.29 is 57.5 Å². The second-order valence-corrected chi connectivity index (χ2v) is 14.7. The lowest BCUT2D eigenvalue weighted by Crippen LogP contribution is -2.56. The number of aromatic nitrogens is 1. The van der Waals surface area contributed by atoms with E-state index in [2.05, 4.69) is 9.72 Å². The molecule has 51 heavy (non-hydrogen) atoms. The molecule has 0 atom stereocenters. The van der Waals surface area contributed by atoms with E-state index in [0.717, 1.165) is 48.0 Å². The van der Waals surface area contributed by atoms with Crippen LogP contribution in [0.15, 0.2) is 96.2 Å². The molecule has 0 saturated heterocycles. The molecule has 1 saturated carbocycles. The average molecular weight is 744 g/mol. The summed E-state index contributed by atoms with van der Waals surface area (Å²) in [6.07, 6.45) is -9.11. The number of hydrogen-bond acceptors (Lipinski definition) is 5. The standard InChI is InChI=1S/C36H30F9NO4S/c37-27-8-10-29(11-9-27)51(48,49)33(16-12-23(13-17-33)20-28(47)21-24-14-18-46-19-15-24)25-4-6-26(7-5-25)34(35(40,41)42,36(43,44)45)50-22-30-31(38)2-1-3-32(30)39/h1-11,14-15,18-19,23H,12-13,16-17,20-22H2. The number of halogens is 9. The fourth-order valence-corrected chi connectivity index (χ4v) is 8.78. The summed E-state index contributed by atoms with van der Waals surface area (Å²) in [4.78, 5) is 16.4. The van der Waals surface area contributed by atoms with E-state index in [9.17, 15) is 52.7 Å². The largest absolute Gasteiger partial charge is 0.430 e. The van der Waals surface area contributed by atoms with Gasteiger partial charge in [-0.1, -0.05) is 30.3 Å². The Morgan fingerprint density at radius 2 is 1.33 bits per heavy atom. The first-order valence-corrected chi connectivity index (χ1v) is 17.1. The summed E-state index contributed by atoms with van der Waals surface area (Å²) >= 11 is 0. The van der Waals surface area contributed by atoms with Crippen molar-refractivity contribution in [3.05, 3.63) is 131 Å². The van der Waals surface area contributed by atoms with Crippen LogP contribution >= 0.6 is 0 Å². The van der Waals surface area contributed by atoms with Crippen molar-refractivity contribution in [1.82, 2.24) is 4.98 Å². The molecular weight excluding hydrogens is 713 g/mol. The molecule has 5 nitrogen and oxygen atoms in total. The molecule has 0 aliphatic heterocycles. The monoisotopic (exact) mass is 743 g/mol. The highest BCUT2D eigenvalue weighted by molar-refractivity contribution is 7.92. The van der Waals surface area contributed by atoms with Gasteiger partial charge in [-0.25, -0.2) is 21.6 Å². The molecule has 1 aliphatic carbocycles. The highest BCUT2D eigenvalue weighted by Crippen LogP contribution is 2.55. The van der Waals surface area contributed by atoms with Gasteiger partial charge in [0.05, 0.1) is 11.5 Å². The van der Waals surface area contributed by atoms with E-state index >= 15 is 0 Å². The maximum atomic E-state index is 14.5. The van der Waals surface area contributed by atoms with Crippen molar-refractivity contribution in [2.45, 2.75) is 72.7 Å². The zero-order valence-corrected chi connectivity index (χ0v) is 27.4. The zero-order chi connectivity index (χ0) is 37.2. The molecule has 0 N–H and O–H groups in total. The third kappa shape index (κ3) is 7.41. The first-order chi connectivity index (χ1) is 23.9. The van der Waals surface area contributed by atoms with Crippen LogP contribution in [0.25, 0.3) is 0 Å². The van der Waals surface area contributed by atoms with Gasteiger partial charge in [0, 0.05) is 36.4 Å². The van der Waals surface area contributed by atoms with Gasteiger partial charge < -0.3 is 4.74 Å². The number of carbonyl (C=O) groups is 1. The van der Waals surface area contributed by atoms with Crippen LogP contribution < -0.4 is 0 Å². The van der Waals surface area contributed by atoms with Gasteiger partial charge in [-0.15, -0.1) is 0 Å². The number of pyridine rings is 1. The zero-order valence-electron chi connectivity index (χ0n) is 26.6. The van der Waals surface area contributed by atoms with Gasteiger partial charge in [0.25, 0.3) is 5.60 Å². The lowest BCUT2D eigenvalue weighted by molar-refractivity contribution is -0.392. The summed E-state index contributed by atoms with van der Waals surface area (Å²) in [6, 6.07) is 11.9. The third-order valence-corrected chi connectivity index (χ3v) is 11.9. The Morgan fingerprint density at radius 3 is 1.86 bits per heavy atom. The van der Waals surface area contributed by atoms with Gasteiger partial charge in [-0.05, 0) is 91.3 Å². The SMILES string of the molecule is O=C(Cc1ccncc1)CC1CCC(c2ccc(C(OCc3c(F)cccc3F)(C(F)(F)F)C(F)(F)F)cc2)(S(=O)(=O)c2ccc(F)cc2)CC1. The van der Waals surface area contributed by atoms with Crippen LogP contribution in [-0.4, -0.2) is 31.5 Å². The number of sulfone groups is 1. The van der Waals surface area contributed by atoms with Crippen molar-refractivity contribution in [2.75, 3.05) is 0 Å². The molecule has 1 heterocycles. The fraction of sp³-hybridized carbons (Fsp3) is 0.333. The Bertz CT molecular complexity index is 1910. The lowest BCUT2D eigenvalue weighted by atomic mass is 9.75. The molecule has 3 aromatic carbocycles. The Balaban J connectivity index is 1.52. The molecule has 0 bridgehead atoms. The van der Waals surface area contributed by atoms with E-state index in [1.54, 1.807) is 12.1 Å². The van der Waals surface area contributed by atoms with Gasteiger partial charge in [-0.3, -0.25) is 9.78 Å². The molecule has 272 valence electrons. The predicted octanol–water partition coefficient (Wildman–Crippen LogP) is 9.10. The lowest BCUT2D eigenvalue weighted by Gasteiger charge is -2.41. The Labute approximate surface area is 287 Å². The van der Waals surface area contributed by atoms with Gasteiger partial charge in [0.1, 0.15) is 28.0 Å². The molecule has 15 heteroatoms. The number of ketones is 1. The van der Waals surface area contributed by atoms with Crippen LogP contribution in [-0.2, 0) is 42.7 Å². The summed E-state index contributed by atoms with van der Waals surface area (Å²) in [5.74, 6) is -3.98. The summed E-state index contributed by atoms with van der Waals surface area (Å²) in [5, 5.41) is 0. The summed E-state index contributed by atoms with van der Waals surface area (Å²) in [6.45, 7) is -1.75. The number of Topliss-reactive ketones (excluding diaryl/α,β-unsaturated/α-hetero) is 1. The van der Waals surface area contributed by atoms with E-state index in [4.69, 9.17) is 0 Å². The van der Waals surface area contributed by atoms with Crippen molar-refractivity contribution >= 4 is 15.6 Å². The minimum atomic E-state index is -6.20. The van der Waals surface area contributed by atoms with Crippen molar-refractivity contribution in [2.24, 2.45) is 5.92 Å². The topological polar surface area (TPSA) is 73.3 Å². The van der Waals surface area contributed by atoms with Gasteiger partial charge in [-0.2, -0.15) is 26.3 Å². The second-order valence-electron chi connectivity index (χ2n) is 12.4. The third-order valence-electron chi connectivity index (χ3n) is 9.33. The predicted molar refractivity (Wildman–Crippen MR) is 166 cm³/mol. The molecule has 0 spiro atoms. The van der Waals surface area contributed by atoms with Crippen LogP contribution in [0.1, 0.15) is 54.4 Å². The normalized spacial score (nSPS) is 18.8. The van der Waals surface area contributed by atoms with Crippen molar-refractivity contribution in [1.29, 1.82) is 0 Å². The average Bonchev–Trinajstić information content (AvgIpc) is 3.06. The molecule has 1 fully saturated rings. The first-order valence-electron chi connectivity index (χ1n) is 15.6. The molecule has 1 aliphatic rings. The highest BCUT2D eigenvalue weighted by atomic mass is 32.2. The second kappa shape index (κ2) is 14.4. The molecule has 1 aromatic heterocycles. The van der Waals surface area contributed by atoms with Crippen LogP contribution in [0, 0.1) is 23.4 Å². The Morgan fingerprint density at radius 1 is 0.784 bits per heavy atom. The van der Waals surface area contributed by atoms with Crippen LogP contribution in [0.5, 0.6) is 0 Å². The first kappa shape index (κ1) is 38.0. The van der Waals surface area contributed by atoms with Crippen LogP contribution in [0.4, 0.5) is 39.5 Å². The van der Waals surface area contributed by atoms with Crippen molar-refractivity contribution in [3.8, 4) is 0 Å². The Kier molecular flexibility index (Phi) is 10.7. The molecule has 0 unspecified atom stereocenters. The summed E-state index contributed by atoms with van der Waals surface area (Å²) < 4.78 is 160. The van der Waals surface area contributed by atoms with Gasteiger partial charge >= 0.3 is 12.4 Å². The van der Waals surface area contributed by atoms with E-state index in [0.29, 0.717) is 24.3 Å². The van der Waals surface area contributed by atoms with Crippen molar-refractivity contribution in [3.63, 3.8) is 0 Å². The molecule has 0 radical (unpaired) electrons. The molecule has 0 amide bonds. The number of benzene rings is 3. The maximum Gasteiger partial charge on any atom is 0.430 e. The number of nitrogens with zero attached hydrogens (tertiary/aromatic N) is 1. The molecule has 4 aromatic rings. The van der Waals surface area contributed by atoms with Gasteiger partial charge in [0.2, 0.25) is 0 Å². The minimum absolute atomic E-state index is 0.105. The minimum Gasteiger partial charge on any atom is -0.349 e. The highest BCUT2D eigenvalue weighted by Gasteiger charge is 2.73. The Hall–Kier alpha value is -4.24. The van der Waals surface area contributed by atoms with Gasteiger partial charge in [0.15, 0.2) is 9.84 Å². The van der Waals surface area contributed by atoms with Crippen LogP contribution in [0.2, 0.25) is 0 Å². The number of alkyl halides is 6. The number of carbonyl (C=O) groups excluding carboxylic acids is 1. The fourth-order valence-electron chi connectivity index (χ4n) is 6.62. The van der Waals surface area contributed by atoms with E-state index in [1.807, 2.05) is 0 Å². The number of ether oxygens (including phenoxy) is 1. The van der Waals surface area contributed by atoms with E-state index in [-0.39, 0.29) is 60.7 Å². The van der Waals surface area contributed by atoms with E-state index < -0.39 is 67.7 Å².